The first-order chi connectivity index (χ1) is 13.6. The van der Waals surface area contributed by atoms with Crippen molar-refractivity contribution in [3.63, 3.8) is 0 Å². The summed E-state index contributed by atoms with van der Waals surface area (Å²) in [5.74, 6) is 0.167. The summed E-state index contributed by atoms with van der Waals surface area (Å²) in [5.41, 5.74) is 5.18. The topological polar surface area (TPSA) is 53.9 Å². The van der Waals surface area contributed by atoms with E-state index >= 15 is 0 Å². The molecule has 7 heteroatoms. The molecule has 0 fully saturated rings. The zero-order chi connectivity index (χ0) is 21.3. The SMILES string of the molecule is COc1cc(C(=O)N/N=C/c2cc3c(cc2F)N(C)C(C)(C)CC3C)ccc1I. The zero-order valence-corrected chi connectivity index (χ0v) is 19.4. The Morgan fingerprint density at radius 2 is 2.10 bits per heavy atom. The Hall–Kier alpha value is -2.16. The molecule has 0 radical (unpaired) electrons. The Bertz CT molecular complexity index is 975. The zero-order valence-electron chi connectivity index (χ0n) is 17.2. The van der Waals surface area contributed by atoms with Crippen molar-refractivity contribution in [1.29, 1.82) is 0 Å². The van der Waals surface area contributed by atoms with E-state index in [-0.39, 0.29) is 17.3 Å². The molecule has 1 atom stereocenters. The molecule has 1 N–H and O–H groups in total. The van der Waals surface area contributed by atoms with Crippen LogP contribution in [0, 0.1) is 9.39 Å². The maximum atomic E-state index is 14.7. The summed E-state index contributed by atoms with van der Waals surface area (Å²) in [7, 11) is 3.54. The average Bonchev–Trinajstić information content (AvgIpc) is 2.67. The third-order valence-electron chi connectivity index (χ3n) is 5.54. The lowest BCUT2D eigenvalue weighted by atomic mass is 9.80. The molecule has 1 amide bonds. The molecule has 0 spiro atoms. The van der Waals surface area contributed by atoms with Gasteiger partial charge >= 0.3 is 0 Å². The van der Waals surface area contributed by atoms with Crippen LogP contribution in [0.25, 0.3) is 0 Å². The second kappa shape index (κ2) is 8.30. The minimum Gasteiger partial charge on any atom is -0.496 e. The molecule has 1 aliphatic rings. The van der Waals surface area contributed by atoms with Crippen LogP contribution < -0.4 is 15.1 Å². The minimum absolute atomic E-state index is 0.0308. The summed E-state index contributed by atoms with van der Waals surface area (Å²) in [6, 6.07) is 8.50. The van der Waals surface area contributed by atoms with E-state index in [0.717, 1.165) is 21.2 Å². The second-order valence-corrected chi connectivity index (χ2v) is 9.12. The maximum Gasteiger partial charge on any atom is 0.271 e. The summed E-state index contributed by atoms with van der Waals surface area (Å²) < 4.78 is 20.8. The second-order valence-electron chi connectivity index (χ2n) is 7.96. The molecule has 0 bridgehead atoms. The molecule has 3 rings (SSSR count). The lowest BCUT2D eigenvalue weighted by Gasteiger charge is -2.45. The third kappa shape index (κ3) is 4.39. The Morgan fingerprint density at radius 3 is 2.79 bits per heavy atom. The highest BCUT2D eigenvalue weighted by Crippen LogP contribution is 2.43. The average molecular weight is 509 g/mol. The lowest BCUT2D eigenvalue weighted by molar-refractivity contribution is 0.0954. The quantitative estimate of drug-likeness (QED) is 0.362. The largest absolute Gasteiger partial charge is 0.496 e. The number of methoxy groups -OCH3 is 1. The molecule has 1 unspecified atom stereocenters. The number of amides is 1. The Morgan fingerprint density at radius 1 is 1.38 bits per heavy atom. The number of hydrazone groups is 1. The van der Waals surface area contributed by atoms with Gasteiger partial charge in [0.2, 0.25) is 0 Å². The van der Waals surface area contributed by atoms with Crippen molar-refractivity contribution < 1.29 is 13.9 Å². The molecule has 29 heavy (non-hydrogen) atoms. The van der Waals surface area contributed by atoms with Crippen LogP contribution in [0.3, 0.4) is 0 Å². The van der Waals surface area contributed by atoms with Crippen LogP contribution in [-0.4, -0.2) is 31.8 Å². The predicted octanol–water partition coefficient (Wildman–Crippen LogP) is 4.92. The van der Waals surface area contributed by atoms with Gasteiger partial charge in [0, 0.05) is 29.4 Å². The number of benzene rings is 2. The van der Waals surface area contributed by atoms with Gasteiger partial charge in [0.05, 0.1) is 16.9 Å². The summed E-state index contributed by atoms with van der Waals surface area (Å²) in [4.78, 5) is 14.4. The number of ether oxygens (including phenoxy) is 1. The molecule has 0 saturated carbocycles. The number of carbonyl (C=O) groups is 1. The molecule has 0 aromatic heterocycles. The van der Waals surface area contributed by atoms with Crippen molar-refractivity contribution >= 4 is 40.4 Å². The summed E-state index contributed by atoms with van der Waals surface area (Å²) >= 11 is 2.13. The predicted molar refractivity (Wildman–Crippen MR) is 123 cm³/mol. The molecule has 154 valence electrons. The number of carbonyl (C=O) groups excluding carboxylic acids is 1. The first-order valence-electron chi connectivity index (χ1n) is 9.38. The van der Waals surface area contributed by atoms with Crippen molar-refractivity contribution in [3.05, 3.63) is 56.4 Å². The molecule has 5 nitrogen and oxygen atoms in total. The molecule has 1 heterocycles. The fourth-order valence-corrected chi connectivity index (χ4v) is 4.29. The number of anilines is 1. The van der Waals surface area contributed by atoms with E-state index in [9.17, 15) is 9.18 Å². The fourth-order valence-electron chi connectivity index (χ4n) is 3.73. The summed E-state index contributed by atoms with van der Waals surface area (Å²) in [6.07, 6.45) is 2.33. The number of hydrogen-bond acceptors (Lipinski definition) is 4. The summed E-state index contributed by atoms with van der Waals surface area (Å²) in [6.45, 7) is 6.47. The van der Waals surface area contributed by atoms with Gasteiger partial charge in [-0.3, -0.25) is 4.79 Å². The van der Waals surface area contributed by atoms with Crippen LogP contribution >= 0.6 is 22.6 Å². The van der Waals surface area contributed by atoms with Gasteiger partial charge in [0.25, 0.3) is 5.91 Å². The number of rotatable bonds is 4. The number of nitrogens with zero attached hydrogens (tertiary/aromatic N) is 2. The van der Waals surface area contributed by atoms with Crippen molar-refractivity contribution in [2.45, 2.75) is 38.6 Å². The first kappa shape index (κ1) is 21.5. The lowest BCUT2D eigenvalue weighted by Crippen LogP contribution is -2.45. The maximum absolute atomic E-state index is 14.7. The minimum atomic E-state index is -0.385. The highest BCUT2D eigenvalue weighted by molar-refractivity contribution is 14.1. The van der Waals surface area contributed by atoms with Gasteiger partial charge in [-0.25, -0.2) is 9.82 Å². The Kier molecular flexibility index (Phi) is 6.16. The first-order valence-corrected chi connectivity index (χ1v) is 10.5. The molecule has 0 aliphatic carbocycles. The van der Waals surface area contributed by atoms with Crippen LogP contribution in [0.4, 0.5) is 10.1 Å². The monoisotopic (exact) mass is 509 g/mol. The van der Waals surface area contributed by atoms with E-state index in [1.165, 1.54) is 6.21 Å². The number of halogens is 2. The van der Waals surface area contributed by atoms with Gasteiger partial charge in [-0.2, -0.15) is 5.10 Å². The van der Waals surface area contributed by atoms with Gasteiger partial charge in [-0.1, -0.05) is 6.92 Å². The number of nitrogens with one attached hydrogen (secondary N) is 1. The Balaban J connectivity index is 1.80. The highest BCUT2D eigenvalue weighted by atomic mass is 127. The van der Waals surface area contributed by atoms with Gasteiger partial charge in [0.1, 0.15) is 11.6 Å². The normalized spacial score (nSPS) is 17.9. The van der Waals surface area contributed by atoms with Crippen molar-refractivity contribution in [3.8, 4) is 5.75 Å². The van der Waals surface area contributed by atoms with Crippen LogP contribution in [0.5, 0.6) is 5.75 Å². The molecule has 0 saturated heterocycles. The highest BCUT2D eigenvalue weighted by Gasteiger charge is 2.34. The molecule has 2 aromatic carbocycles. The van der Waals surface area contributed by atoms with E-state index < -0.39 is 0 Å². The van der Waals surface area contributed by atoms with Crippen LogP contribution in [0.1, 0.15) is 54.6 Å². The van der Waals surface area contributed by atoms with Gasteiger partial charge in [-0.15, -0.1) is 0 Å². The Labute approximate surface area is 184 Å². The molecular formula is C22H25FIN3O2. The van der Waals surface area contributed by atoms with E-state index in [2.05, 4.69) is 58.8 Å². The fraction of sp³-hybridized carbons (Fsp3) is 0.364. The number of hydrogen-bond donors (Lipinski definition) is 1. The third-order valence-corrected chi connectivity index (χ3v) is 6.43. The van der Waals surface area contributed by atoms with E-state index in [1.54, 1.807) is 31.4 Å². The smallest absolute Gasteiger partial charge is 0.271 e. The van der Waals surface area contributed by atoms with Crippen molar-refractivity contribution in [1.82, 2.24) is 5.43 Å². The molecule has 1 aliphatic heterocycles. The van der Waals surface area contributed by atoms with Gasteiger partial charge in [-0.05, 0) is 84.7 Å². The summed E-state index contributed by atoms with van der Waals surface area (Å²) in [5, 5.41) is 3.96. The van der Waals surface area contributed by atoms with E-state index in [4.69, 9.17) is 4.74 Å². The number of fused-ring (bicyclic) bond motifs is 1. The molecular weight excluding hydrogens is 484 g/mol. The van der Waals surface area contributed by atoms with Gasteiger partial charge in [0.15, 0.2) is 0 Å². The molecule has 2 aromatic rings. The van der Waals surface area contributed by atoms with Crippen molar-refractivity contribution in [2.75, 3.05) is 19.1 Å². The van der Waals surface area contributed by atoms with Crippen molar-refractivity contribution in [2.24, 2.45) is 5.10 Å². The van der Waals surface area contributed by atoms with E-state index in [0.29, 0.717) is 22.8 Å². The van der Waals surface area contributed by atoms with Crippen LogP contribution in [-0.2, 0) is 0 Å². The van der Waals surface area contributed by atoms with Crippen LogP contribution in [0.2, 0.25) is 0 Å². The van der Waals surface area contributed by atoms with Gasteiger partial charge < -0.3 is 9.64 Å². The van der Waals surface area contributed by atoms with Crippen LogP contribution in [0.15, 0.2) is 35.4 Å². The van der Waals surface area contributed by atoms with E-state index in [1.807, 2.05) is 13.1 Å². The standard InChI is InChI=1S/C22H25FIN3O2/c1-13-11-22(2,3)27(4)19-10-17(23)15(8-16(13)19)12-25-26-21(28)14-6-7-18(24)20(9-14)29-5/h6-10,12-13H,11H2,1-5H3,(H,26,28)/b25-12+.